The van der Waals surface area contributed by atoms with Gasteiger partial charge in [0.05, 0.1) is 12.8 Å². The Bertz CT molecular complexity index is 1130. The second-order valence-corrected chi connectivity index (χ2v) is 16.0. The van der Waals surface area contributed by atoms with Crippen LogP contribution < -0.4 is 15.9 Å². The maximum absolute atomic E-state index is 5.80. The molecule has 44 heavy (non-hydrogen) atoms. The van der Waals surface area contributed by atoms with Crippen molar-refractivity contribution in [1.29, 1.82) is 0 Å². The first-order chi connectivity index (χ1) is 21.9. The summed E-state index contributed by atoms with van der Waals surface area (Å²) in [6.45, 7) is 1.65. The van der Waals surface area contributed by atoms with Crippen LogP contribution in [-0.2, 0) is 11.3 Å². The summed E-state index contributed by atoms with van der Waals surface area (Å²) in [5.74, 6) is 0. The average molecular weight is 608 g/mol. The monoisotopic (exact) mass is 607 g/mol. The fourth-order valence-corrected chi connectivity index (χ4v) is 10.9. The highest BCUT2D eigenvalue weighted by Gasteiger charge is 2.44. The fraction of sp³-hybridized carbons (Fsp3) is 0.429. The summed E-state index contributed by atoms with van der Waals surface area (Å²) in [7, 11) is -1.66. The lowest BCUT2D eigenvalue weighted by Gasteiger charge is -2.27. The van der Waals surface area contributed by atoms with Crippen molar-refractivity contribution in [3.8, 4) is 0 Å². The van der Waals surface area contributed by atoms with Crippen molar-refractivity contribution >= 4 is 23.2 Å². The van der Waals surface area contributed by atoms with Gasteiger partial charge in [-0.1, -0.05) is 162 Å². The Morgan fingerprint density at radius 1 is 0.341 bits per heavy atom. The Hall–Kier alpha value is -2.73. The van der Waals surface area contributed by atoms with Crippen LogP contribution in [0.15, 0.2) is 121 Å². The lowest BCUT2D eigenvalue weighted by Crippen LogP contribution is -2.33. The molecule has 0 aliphatic rings. The molecule has 0 saturated carbocycles. The van der Waals surface area contributed by atoms with Gasteiger partial charge in [0.2, 0.25) is 0 Å². The third kappa shape index (κ3) is 11.6. The third-order valence-corrected chi connectivity index (χ3v) is 13.5. The number of hydrogen-bond donors (Lipinski definition) is 0. The van der Waals surface area contributed by atoms with E-state index in [1.165, 1.54) is 124 Å². The molecule has 4 aromatic rings. The van der Waals surface area contributed by atoms with Crippen LogP contribution in [0.1, 0.15) is 102 Å². The number of rotatable bonds is 23. The molecule has 4 aromatic carbocycles. The minimum Gasteiger partial charge on any atom is -0.377 e. The van der Waals surface area contributed by atoms with Gasteiger partial charge in [-0.3, -0.25) is 0 Å². The summed E-state index contributed by atoms with van der Waals surface area (Å²) < 4.78 is 5.80. The normalized spacial score (nSPS) is 11.5. The van der Waals surface area contributed by atoms with Crippen molar-refractivity contribution in [1.82, 2.24) is 0 Å². The van der Waals surface area contributed by atoms with Gasteiger partial charge in [-0.05, 0) is 61.2 Å². The first kappa shape index (κ1) is 34.1. The lowest BCUT2D eigenvalue weighted by atomic mass is 10.0. The maximum atomic E-state index is 5.80. The molecule has 4 rings (SSSR count). The summed E-state index contributed by atoms with van der Waals surface area (Å²) >= 11 is 0. The Labute approximate surface area is 269 Å². The van der Waals surface area contributed by atoms with Crippen molar-refractivity contribution in [3.05, 3.63) is 127 Å². The van der Waals surface area contributed by atoms with Gasteiger partial charge in [-0.15, -0.1) is 0 Å². The van der Waals surface area contributed by atoms with E-state index >= 15 is 0 Å². The van der Waals surface area contributed by atoms with Crippen LogP contribution in [0.2, 0.25) is 0 Å². The van der Waals surface area contributed by atoms with Crippen molar-refractivity contribution in [3.63, 3.8) is 0 Å². The van der Waals surface area contributed by atoms with Crippen molar-refractivity contribution < 1.29 is 4.74 Å². The van der Waals surface area contributed by atoms with Crippen molar-refractivity contribution in [2.24, 2.45) is 0 Å². The molecule has 0 amide bonds. The minimum absolute atomic E-state index is 0.751. The van der Waals surface area contributed by atoms with Crippen LogP contribution in [0.25, 0.3) is 0 Å². The molecule has 0 radical (unpaired) electrons. The zero-order valence-corrected chi connectivity index (χ0v) is 28.0. The largest absolute Gasteiger partial charge is 0.377 e. The van der Waals surface area contributed by atoms with E-state index in [1.807, 2.05) is 0 Å². The van der Waals surface area contributed by atoms with Gasteiger partial charge in [0.25, 0.3) is 0 Å². The van der Waals surface area contributed by atoms with Crippen LogP contribution in [0.4, 0.5) is 0 Å². The Morgan fingerprint density at radius 2 is 0.659 bits per heavy atom. The van der Waals surface area contributed by atoms with E-state index in [1.54, 1.807) is 0 Å². The SMILES string of the molecule is c1ccc(COCCCCCCCCCCCCCCCCC[P+](c2ccccc2)(c2ccccc2)c2ccccc2)cc1. The summed E-state index contributed by atoms with van der Waals surface area (Å²) in [6.07, 6.45) is 21.8. The minimum atomic E-state index is -1.66. The molecule has 0 aliphatic heterocycles. The van der Waals surface area contributed by atoms with Gasteiger partial charge in [-0.2, -0.15) is 0 Å². The first-order valence-corrected chi connectivity index (χ1v) is 19.5. The molecule has 0 spiro atoms. The molecule has 0 aromatic heterocycles. The second kappa shape index (κ2) is 21.1. The molecule has 1 nitrogen and oxygen atoms in total. The first-order valence-electron chi connectivity index (χ1n) is 17.6. The molecule has 0 fully saturated rings. The van der Waals surface area contributed by atoms with E-state index in [0.717, 1.165) is 13.2 Å². The molecule has 2 heteroatoms. The standard InChI is InChI=1S/C42H56OP/c1(2-4-6-8-10-12-26-36-43-38-39-28-18-14-19-29-39)3-5-7-9-11-13-27-37-44(40-30-20-15-21-31-40,41-32-22-16-23-33-41)42-34-24-17-25-35-42/h14-25,28-35H,1-13,26-27,36-38H2/q+1. The third-order valence-electron chi connectivity index (χ3n) is 8.98. The quantitative estimate of drug-likeness (QED) is 0.0602. The topological polar surface area (TPSA) is 9.23 Å². The molecular formula is C42H56OP+. The highest BCUT2D eigenvalue weighted by Crippen LogP contribution is 2.56. The summed E-state index contributed by atoms with van der Waals surface area (Å²) in [6, 6.07) is 44.5. The second-order valence-electron chi connectivity index (χ2n) is 12.4. The van der Waals surface area contributed by atoms with Gasteiger partial charge in [0.15, 0.2) is 0 Å². The Kier molecular flexibility index (Phi) is 16.4. The average Bonchev–Trinajstić information content (AvgIpc) is 3.09. The molecule has 0 heterocycles. The van der Waals surface area contributed by atoms with E-state index in [9.17, 15) is 0 Å². The fourth-order valence-electron chi connectivity index (χ4n) is 6.50. The van der Waals surface area contributed by atoms with Gasteiger partial charge >= 0.3 is 0 Å². The van der Waals surface area contributed by atoms with E-state index in [0.29, 0.717) is 0 Å². The van der Waals surface area contributed by atoms with Gasteiger partial charge in [0.1, 0.15) is 23.2 Å². The maximum Gasteiger partial charge on any atom is 0.112 e. The molecule has 0 saturated heterocycles. The van der Waals surface area contributed by atoms with Crippen molar-refractivity contribution in [2.75, 3.05) is 12.8 Å². The molecule has 234 valence electrons. The highest BCUT2D eigenvalue weighted by atomic mass is 31.2. The zero-order valence-electron chi connectivity index (χ0n) is 27.1. The predicted octanol–water partition coefficient (Wildman–Crippen LogP) is 11.0. The van der Waals surface area contributed by atoms with Gasteiger partial charge < -0.3 is 4.74 Å². The number of ether oxygens (including phenoxy) is 1. The van der Waals surface area contributed by atoms with Crippen LogP contribution in [0.3, 0.4) is 0 Å². The van der Waals surface area contributed by atoms with Gasteiger partial charge in [0, 0.05) is 6.61 Å². The Morgan fingerprint density at radius 3 is 1.05 bits per heavy atom. The summed E-state index contributed by atoms with van der Waals surface area (Å²) in [5, 5.41) is 4.55. The number of hydrogen-bond acceptors (Lipinski definition) is 1. The Balaban J connectivity index is 1.03. The van der Waals surface area contributed by atoms with E-state index in [2.05, 4.69) is 121 Å². The molecule has 0 atom stereocenters. The van der Waals surface area contributed by atoms with Gasteiger partial charge in [-0.25, -0.2) is 0 Å². The van der Waals surface area contributed by atoms with Crippen molar-refractivity contribution in [2.45, 2.75) is 103 Å². The molecule has 0 unspecified atom stereocenters. The van der Waals surface area contributed by atoms with Crippen LogP contribution in [0, 0.1) is 0 Å². The number of benzene rings is 4. The highest BCUT2D eigenvalue weighted by molar-refractivity contribution is 7.95. The summed E-state index contributed by atoms with van der Waals surface area (Å²) in [4.78, 5) is 0. The van der Waals surface area contributed by atoms with E-state index < -0.39 is 7.26 Å². The zero-order chi connectivity index (χ0) is 30.4. The molecule has 0 N–H and O–H groups in total. The molecular weight excluding hydrogens is 551 g/mol. The van der Waals surface area contributed by atoms with Crippen LogP contribution >= 0.6 is 7.26 Å². The predicted molar refractivity (Wildman–Crippen MR) is 195 cm³/mol. The lowest BCUT2D eigenvalue weighted by molar-refractivity contribution is 0.116. The van der Waals surface area contributed by atoms with E-state index in [4.69, 9.17) is 4.74 Å². The smallest absolute Gasteiger partial charge is 0.112 e. The summed E-state index contributed by atoms with van der Waals surface area (Å²) in [5.41, 5.74) is 1.28. The molecule has 0 bridgehead atoms. The number of unbranched alkanes of at least 4 members (excludes halogenated alkanes) is 14. The molecule has 0 aliphatic carbocycles. The van der Waals surface area contributed by atoms with Crippen LogP contribution in [0.5, 0.6) is 0 Å². The van der Waals surface area contributed by atoms with Crippen LogP contribution in [-0.4, -0.2) is 12.8 Å². The van der Waals surface area contributed by atoms with E-state index in [-0.39, 0.29) is 0 Å².